The van der Waals surface area contributed by atoms with E-state index in [1.54, 1.807) is 0 Å². The second-order valence-corrected chi connectivity index (χ2v) is 6.03. The Balaban J connectivity index is 2.07. The summed E-state index contributed by atoms with van der Waals surface area (Å²) in [5, 5.41) is 4.52. The first-order valence-corrected chi connectivity index (χ1v) is 7.49. The lowest BCUT2D eigenvalue weighted by Gasteiger charge is -2.24. The minimum absolute atomic E-state index is 0.584. The van der Waals surface area contributed by atoms with Gasteiger partial charge in [0, 0.05) is 24.5 Å². The third-order valence-electron chi connectivity index (χ3n) is 4.23. The third kappa shape index (κ3) is 2.38. The van der Waals surface area contributed by atoms with Gasteiger partial charge in [0.1, 0.15) is 5.82 Å². The summed E-state index contributed by atoms with van der Waals surface area (Å²) in [5.41, 5.74) is 2.43. The number of nitrogens with zero attached hydrogens (tertiary/aromatic N) is 2. The Hall–Kier alpha value is -1.61. The highest BCUT2D eigenvalue weighted by atomic mass is 15.2. The Morgan fingerprint density at radius 1 is 1.30 bits per heavy atom. The zero-order valence-electron chi connectivity index (χ0n) is 12.6. The standard InChI is InChI=1S/C17H23N3/c1-12-8-13(2)20(11-12)17-9-14(10-18-3)15-6-4-5-7-16(15)19-17/h4-7,9,12-13,18H,8,10-11H2,1-3H3. The molecule has 1 aliphatic rings. The molecular weight excluding hydrogens is 246 g/mol. The second kappa shape index (κ2) is 5.41. The molecule has 2 unspecified atom stereocenters. The summed E-state index contributed by atoms with van der Waals surface area (Å²) in [6.45, 7) is 6.63. The van der Waals surface area contributed by atoms with Crippen molar-refractivity contribution in [2.45, 2.75) is 32.9 Å². The summed E-state index contributed by atoms with van der Waals surface area (Å²) in [6.07, 6.45) is 1.26. The second-order valence-electron chi connectivity index (χ2n) is 6.03. The summed E-state index contributed by atoms with van der Waals surface area (Å²) in [6, 6.07) is 11.3. The number of aromatic nitrogens is 1. The highest BCUT2D eigenvalue weighted by molar-refractivity contribution is 5.84. The molecule has 1 aliphatic heterocycles. The molecular formula is C17H23N3. The van der Waals surface area contributed by atoms with Crippen LogP contribution in [0, 0.1) is 5.92 Å². The number of hydrogen-bond acceptors (Lipinski definition) is 3. The molecule has 1 fully saturated rings. The Kier molecular flexibility index (Phi) is 3.62. The molecule has 0 saturated carbocycles. The van der Waals surface area contributed by atoms with E-state index in [9.17, 15) is 0 Å². The van der Waals surface area contributed by atoms with Crippen LogP contribution in [-0.2, 0) is 6.54 Å². The van der Waals surface area contributed by atoms with Crippen LogP contribution < -0.4 is 10.2 Å². The van der Waals surface area contributed by atoms with Gasteiger partial charge in [-0.2, -0.15) is 0 Å². The van der Waals surface area contributed by atoms with E-state index < -0.39 is 0 Å². The van der Waals surface area contributed by atoms with Crippen LogP contribution in [0.25, 0.3) is 10.9 Å². The molecule has 1 aromatic heterocycles. The van der Waals surface area contributed by atoms with Gasteiger partial charge in [0.25, 0.3) is 0 Å². The molecule has 3 heteroatoms. The number of para-hydroxylation sites is 1. The van der Waals surface area contributed by atoms with Crippen LogP contribution >= 0.6 is 0 Å². The zero-order chi connectivity index (χ0) is 14.1. The Morgan fingerprint density at radius 3 is 2.80 bits per heavy atom. The van der Waals surface area contributed by atoms with Crippen LogP contribution in [0.4, 0.5) is 5.82 Å². The summed E-state index contributed by atoms with van der Waals surface area (Å²) in [5.74, 6) is 1.89. The van der Waals surface area contributed by atoms with Gasteiger partial charge in [0.05, 0.1) is 5.52 Å². The maximum atomic E-state index is 4.88. The molecule has 1 N–H and O–H groups in total. The molecule has 1 aromatic carbocycles. The molecule has 0 amide bonds. The van der Waals surface area contributed by atoms with Gasteiger partial charge >= 0.3 is 0 Å². The number of pyridine rings is 1. The first kappa shape index (κ1) is 13.4. The molecule has 2 aromatic rings. The summed E-state index contributed by atoms with van der Waals surface area (Å²) >= 11 is 0. The lowest BCUT2D eigenvalue weighted by molar-refractivity contribution is 0.625. The highest BCUT2D eigenvalue weighted by Gasteiger charge is 2.27. The SMILES string of the molecule is CNCc1cc(N2CC(C)CC2C)nc2ccccc12. The van der Waals surface area contributed by atoms with Gasteiger partial charge in [-0.05, 0) is 44.0 Å². The van der Waals surface area contributed by atoms with Crippen molar-refractivity contribution in [2.75, 3.05) is 18.5 Å². The van der Waals surface area contributed by atoms with E-state index in [4.69, 9.17) is 4.98 Å². The molecule has 0 bridgehead atoms. The molecule has 3 rings (SSSR count). The molecule has 1 saturated heterocycles. The van der Waals surface area contributed by atoms with E-state index in [1.165, 1.54) is 17.4 Å². The lowest BCUT2D eigenvalue weighted by Crippen LogP contribution is -2.27. The number of benzene rings is 1. The molecule has 2 atom stereocenters. The normalized spacial score (nSPS) is 22.6. The summed E-state index contributed by atoms with van der Waals surface area (Å²) in [7, 11) is 2.00. The number of hydrogen-bond donors (Lipinski definition) is 1. The maximum Gasteiger partial charge on any atom is 0.129 e. The smallest absolute Gasteiger partial charge is 0.129 e. The topological polar surface area (TPSA) is 28.2 Å². The van der Waals surface area contributed by atoms with Crippen molar-refractivity contribution in [1.82, 2.24) is 10.3 Å². The largest absolute Gasteiger partial charge is 0.354 e. The van der Waals surface area contributed by atoms with Gasteiger partial charge in [-0.3, -0.25) is 0 Å². The predicted octanol–water partition coefficient (Wildman–Crippen LogP) is 3.19. The highest BCUT2D eigenvalue weighted by Crippen LogP contribution is 2.30. The average molecular weight is 269 g/mol. The van der Waals surface area contributed by atoms with E-state index in [0.29, 0.717) is 6.04 Å². The quantitative estimate of drug-likeness (QED) is 0.927. The van der Waals surface area contributed by atoms with Gasteiger partial charge in [0.15, 0.2) is 0 Å². The van der Waals surface area contributed by atoms with E-state index in [1.807, 2.05) is 7.05 Å². The van der Waals surface area contributed by atoms with E-state index in [0.717, 1.165) is 30.3 Å². The Labute approximate surface area is 121 Å². The fraction of sp³-hybridized carbons (Fsp3) is 0.471. The van der Waals surface area contributed by atoms with E-state index in [2.05, 4.69) is 54.4 Å². The van der Waals surface area contributed by atoms with Crippen molar-refractivity contribution >= 4 is 16.7 Å². The van der Waals surface area contributed by atoms with Gasteiger partial charge in [-0.15, -0.1) is 0 Å². The zero-order valence-corrected chi connectivity index (χ0v) is 12.6. The number of fused-ring (bicyclic) bond motifs is 1. The minimum Gasteiger partial charge on any atom is -0.354 e. The number of rotatable bonds is 3. The van der Waals surface area contributed by atoms with Gasteiger partial charge in [-0.1, -0.05) is 25.1 Å². The van der Waals surface area contributed by atoms with Crippen LogP contribution in [0.1, 0.15) is 25.8 Å². The molecule has 106 valence electrons. The van der Waals surface area contributed by atoms with Crippen LogP contribution in [0.5, 0.6) is 0 Å². The van der Waals surface area contributed by atoms with E-state index in [-0.39, 0.29) is 0 Å². The van der Waals surface area contributed by atoms with Gasteiger partial charge in [-0.25, -0.2) is 4.98 Å². The van der Waals surface area contributed by atoms with Crippen LogP contribution in [0.15, 0.2) is 30.3 Å². The summed E-state index contributed by atoms with van der Waals surface area (Å²) < 4.78 is 0. The average Bonchev–Trinajstić information content (AvgIpc) is 2.78. The van der Waals surface area contributed by atoms with Crippen LogP contribution in [0.2, 0.25) is 0 Å². The molecule has 20 heavy (non-hydrogen) atoms. The minimum atomic E-state index is 0.584. The first-order chi connectivity index (χ1) is 9.69. The van der Waals surface area contributed by atoms with Crippen molar-refractivity contribution in [3.63, 3.8) is 0 Å². The molecule has 2 heterocycles. The fourth-order valence-corrected chi connectivity index (χ4v) is 3.33. The fourth-order valence-electron chi connectivity index (χ4n) is 3.33. The predicted molar refractivity (Wildman–Crippen MR) is 85.1 cm³/mol. The van der Waals surface area contributed by atoms with Crippen molar-refractivity contribution in [1.29, 1.82) is 0 Å². The molecule has 3 nitrogen and oxygen atoms in total. The van der Waals surface area contributed by atoms with Gasteiger partial charge in [0.2, 0.25) is 0 Å². The monoisotopic (exact) mass is 269 g/mol. The Bertz CT molecular complexity index is 608. The van der Waals surface area contributed by atoms with E-state index >= 15 is 0 Å². The Morgan fingerprint density at radius 2 is 2.10 bits per heavy atom. The van der Waals surface area contributed by atoms with Crippen molar-refractivity contribution < 1.29 is 0 Å². The van der Waals surface area contributed by atoms with Crippen LogP contribution in [-0.4, -0.2) is 24.6 Å². The first-order valence-electron chi connectivity index (χ1n) is 7.49. The molecule has 0 spiro atoms. The lowest BCUT2D eigenvalue weighted by atomic mass is 10.1. The molecule has 0 radical (unpaired) electrons. The number of anilines is 1. The van der Waals surface area contributed by atoms with Crippen molar-refractivity contribution in [2.24, 2.45) is 5.92 Å². The third-order valence-corrected chi connectivity index (χ3v) is 4.23. The van der Waals surface area contributed by atoms with Crippen molar-refractivity contribution in [3.8, 4) is 0 Å². The van der Waals surface area contributed by atoms with Crippen molar-refractivity contribution in [3.05, 3.63) is 35.9 Å². The van der Waals surface area contributed by atoms with Gasteiger partial charge < -0.3 is 10.2 Å². The summed E-state index contributed by atoms with van der Waals surface area (Å²) in [4.78, 5) is 7.34. The maximum absolute atomic E-state index is 4.88. The number of nitrogens with one attached hydrogen (secondary N) is 1. The van der Waals surface area contributed by atoms with Crippen LogP contribution in [0.3, 0.4) is 0 Å². The molecule has 0 aliphatic carbocycles.